The summed E-state index contributed by atoms with van der Waals surface area (Å²) in [6.07, 6.45) is 0. The molecule has 1 saturated heterocycles. The van der Waals surface area contributed by atoms with Gasteiger partial charge in [0.25, 0.3) is 0 Å². The molecule has 0 saturated carbocycles. The van der Waals surface area contributed by atoms with Gasteiger partial charge in [0.05, 0.1) is 12.3 Å². The van der Waals surface area contributed by atoms with Crippen LogP contribution in [0, 0.1) is 0 Å². The van der Waals surface area contributed by atoms with Crippen LogP contribution in [0.3, 0.4) is 0 Å². The minimum atomic E-state index is 0.245. The fourth-order valence-corrected chi connectivity index (χ4v) is 3.34. The molecule has 0 atom stereocenters. The van der Waals surface area contributed by atoms with E-state index in [0.29, 0.717) is 0 Å². The third-order valence-corrected chi connectivity index (χ3v) is 4.52. The van der Waals surface area contributed by atoms with Crippen molar-refractivity contribution in [2.75, 3.05) is 44.2 Å². The normalized spacial score (nSPS) is 16.6. The number of thiazole rings is 1. The molecule has 1 aliphatic rings. The van der Waals surface area contributed by atoms with Gasteiger partial charge in [-0.15, -0.1) is 11.3 Å². The zero-order valence-electron chi connectivity index (χ0n) is 11.4. The summed E-state index contributed by atoms with van der Waals surface area (Å²) in [5.74, 6) is 0. The lowest BCUT2D eigenvalue weighted by Crippen LogP contribution is -2.47. The van der Waals surface area contributed by atoms with E-state index < -0.39 is 0 Å². The van der Waals surface area contributed by atoms with Crippen molar-refractivity contribution in [1.82, 2.24) is 9.88 Å². The van der Waals surface area contributed by atoms with Crippen LogP contribution < -0.4 is 4.90 Å². The number of hydrogen-bond donors (Lipinski definition) is 1. The molecule has 3 rings (SSSR count). The Bertz CT molecular complexity index is 535. The quantitative estimate of drug-likeness (QED) is 0.933. The summed E-state index contributed by atoms with van der Waals surface area (Å²) in [5.41, 5.74) is 2.23. The molecule has 0 radical (unpaired) electrons. The third kappa shape index (κ3) is 3.00. The van der Waals surface area contributed by atoms with Crippen molar-refractivity contribution >= 4 is 16.5 Å². The SMILES string of the molecule is OCCN1CCN(c2nc(-c3ccccc3)cs2)CC1. The fourth-order valence-electron chi connectivity index (χ4n) is 2.46. The number of hydrogen-bond acceptors (Lipinski definition) is 5. The number of β-amino-alcohol motifs (C(OH)–C–C–N with tert-alkyl or cyclic N) is 1. The van der Waals surface area contributed by atoms with Gasteiger partial charge < -0.3 is 10.0 Å². The number of aliphatic hydroxyl groups excluding tert-OH is 1. The molecule has 0 unspecified atom stereocenters. The Morgan fingerprint density at radius 2 is 1.85 bits per heavy atom. The Morgan fingerprint density at radius 3 is 2.55 bits per heavy atom. The molecule has 0 bridgehead atoms. The van der Waals surface area contributed by atoms with Crippen LogP contribution in [0.2, 0.25) is 0 Å². The molecule has 1 fully saturated rings. The van der Waals surface area contributed by atoms with Gasteiger partial charge in [-0.2, -0.15) is 0 Å². The largest absolute Gasteiger partial charge is 0.395 e. The summed E-state index contributed by atoms with van der Waals surface area (Å²) in [6, 6.07) is 10.3. The molecule has 5 heteroatoms. The van der Waals surface area contributed by atoms with Gasteiger partial charge >= 0.3 is 0 Å². The van der Waals surface area contributed by atoms with E-state index in [1.165, 1.54) is 5.56 Å². The van der Waals surface area contributed by atoms with Crippen molar-refractivity contribution in [3.05, 3.63) is 35.7 Å². The van der Waals surface area contributed by atoms with Crippen molar-refractivity contribution < 1.29 is 5.11 Å². The highest BCUT2D eigenvalue weighted by atomic mass is 32.1. The number of rotatable bonds is 4. The van der Waals surface area contributed by atoms with Crippen molar-refractivity contribution in [2.45, 2.75) is 0 Å². The van der Waals surface area contributed by atoms with Crippen LogP contribution in [0.25, 0.3) is 11.3 Å². The highest BCUT2D eigenvalue weighted by Crippen LogP contribution is 2.27. The third-order valence-electron chi connectivity index (χ3n) is 3.62. The Hall–Kier alpha value is -1.43. The van der Waals surface area contributed by atoms with E-state index in [1.807, 2.05) is 18.2 Å². The van der Waals surface area contributed by atoms with Gasteiger partial charge in [-0.3, -0.25) is 4.90 Å². The zero-order valence-corrected chi connectivity index (χ0v) is 12.2. The van der Waals surface area contributed by atoms with E-state index in [4.69, 9.17) is 10.1 Å². The van der Waals surface area contributed by atoms with Gasteiger partial charge in [-0.1, -0.05) is 30.3 Å². The second-order valence-corrected chi connectivity index (χ2v) is 5.77. The first kappa shape index (κ1) is 13.5. The Balaban J connectivity index is 1.66. The molecule has 2 aromatic rings. The molecular weight excluding hydrogens is 270 g/mol. The molecule has 2 heterocycles. The van der Waals surface area contributed by atoms with Gasteiger partial charge in [-0.25, -0.2) is 4.98 Å². The second-order valence-electron chi connectivity index (χ2n) is 4.93. The van der Waals surface area contributed by atoms with Gasteiger partial charge in [0.1, 0.15) is 0 Å². The van der Waals surface area contributed by atoms with E-state index in [2.05, 4.69) is 27.3 Å². The fraction of sp³-hybridized carbons (Fsp3) is 0.400. The summed E-state index contributed by atoms with van der Waals surface area (Å²) in [4.78, 5) is 9.38. The average Bonchev–Trinajstić information content (AvgIpc) is 2.99. The topological polar surface area (TPSA) is 39.6 Å². The molecule has 1 aliphatic heterocycles. The van der Waals surface area contributed by atoms with E-state index in [-0.39, 0.29) is 6.61 Å². The molecule has 4 nitrogen and oxygen atoms in total. The molecule has 1 N–H and O–H groups in total. The first-order chi connectivity index (χ1) is 9.86. The summed E-state index contributed by atoms with van der Waals surface area (Å²) in [5, 5.41) is 12.2. The maximum Gasteiger partial charge on any atom is 0.185 e. The van der Waals surface area contributed by atoms with E-state index in [1.54, 1.807) is 11.3 Å². The zero-order chi connectivity index (χ0) is 13.8. The minimum absolute atomic E-state index is 0.245. The average molecular weight is 289 g/mol. The molecule has 0 aliphatic carbocycles. The summed E-state index contributed by atoms with van der Waals surface area (Å²) in [6.45, 7) is 5.00. The number of benzene rings is 1. The monoisotopic (exact) mass is 289 g/mol. The molecule has 1 aromatic carbocycles. The number of aromatic nitrogens is 1. The predicted molar refractivity (Wildman–Crippen MR) is 83.3 cm³/mol. The van der Waals surface area contributed by atoms with Crippen LogP contribution in [0.4, 0.5) is 5.13 Å². The Morgan fingerprint density at radius 1 is 1.10 bits per heavy atom. The van der Waals surface area contributed by atoms with Crippen LogP contribution in [-0.4, -0.2) is 54.3 Å². The smallest absolute Gasteiger partial charge is 0.185 e. The van der Waals surface area contributed by atoms with Crippen molar-refractivity contribution in [3.8, 4) is 11.3 Å². The molecule has 0 amide bonds. The predicted octanol–water partition coefficient (Wildman–Crippen LogP) is 1.92. The molecule has 20 heavy (non-hydrogen) atoms. The molecule has 1 aromatic heterocycles. The Labute approximate surface area is 123 Å². The van der Waals surface area contributed by atoms with Crippen LogP contribution in [-0.2, 0) is 0 Å². The minimum Gasteiger partial charge on any atom is -0.395 e. The Kier molecular flexibility index (Phi) is 4.30. The van der Waals surface area contributed by atoms with Crippen molar-refractivity contribution in [1.29, 1.82) is 0 Å². The van der Waals surface area contributed by atoms with E-state index in [9.17, 15) is 0 Å². The van der Waals surface area contributed by atoms with Crippen LogP contribution in [0.5, 0.6) is 0 Å². The molecular formula is C15H19N3OS. The molecule has 0 spiro atoms. The van der Waals surface area contributed by atoms with Gasteiger partial charge in [-0.05, 0) is 0 Å². The van der Waals surface area contributed by atoms with Crippen LogP contribution in [0.1, 0.15) is 0 Å². The van der Waals surface area contributed by atoms with Gasteiger partial charge in [0.2, 0.25) is 0 Å². The van der Waals surface area contributed by atoms with Crippen molar-refractivity contribution in [2.24, 2.45) is 0 Å². The first-order valence-corrected chi connectivity index (χ1v) is 7.84. The highest BCUT2D eigenvalue weighted by Gasteiger charge is 2.19. The first-order valence-electron chi connectivity index (χ1n) is 6.96. The van der Waals surface area contributed by atoms with Crippen molar-refractivity contribution in [3.63, 3.8) is 0 Å². The lowest BCUT2D eigenvalue weighted by Gasteiger charge is -2.34. The number of aliphatic hydroxyl groups is 1. The van der Waals surface area contributed by atoms with E-state index in [0.717, 1.165) is 43.5 Å². The maximum absolute atomic E-state index is 8.97. The van der Waals surface area contributed by atoms with Gasteiger partial charge in [0.15, 0.2) is 5.13 Å². The number of anilines is 1. The summed E-state index contributed by atoms with van der Waals surface area (Å²) < 4.78 is 0. The van der Waals surface area contributed by atoms with Crippen LogP contribution in [0.15, 0.2) is 35.7 Å². The maximum atomic E-state index is 8.97. The number of nitrogens with zero attached hydrogens (tertiary/aromatic N) is 3. The number of piperazine rings is 1. The summed E-state index contributed by atoms with van der Waals surface area (Å²) >= 11 is 1.71. The van der Waals surface area contributed by atoms with Crippen LogP contribution >= 0.6 is 11.3 Å². The lowest BCUT2D eigenvalue weighted by molar-refractivity contribution is 0.189. The van der Waals surface area contributed by atoms with Gasteiger partial charge in [0, 0.05) is 43.7 Å². The summed E-state index contributed by atoms with van der Waals surface area (Å²) in [7, 11) is 0. The lowest BCUT2D eigenvalue weighted by atomic mass is 10.2. The second kappa shape index (κ2) is 6.35. The standard InChI is InChI=1S/C15H19N3OS/c19-11-10-17-6-8-18(9-7-17)15-16-14(12-20-15)13-4-2-1-3-5-13/h1-5,12,19H,6-11H2. The molecule has 106 valence electrons. The van der Waals surface area contributed by atoms with E-state index >= 15 is 0 Å². The highest BCUT2D eigenvalue weighted by molar-refractivity contribution is 7.14.